The van der Waals surface area contributed by atoms with E-state index in [2.05, 4.69) is 0 Å². The van der Waals surface area contributed by atoms with E-state index in [-0.39, 0.29) is 6.54 Å². The molecule has 1 heterocycles. The Morgan fingerprint density at radius 3 is 2.36 bits per heavy atom. The number of amides is 1. The number of benzene rings is 4. The van der Waals surface area contributed by atoms with E-state index in [0.29, 0.717) is 17.7 Å². The number of carbonyl (C=O) groups is 2. The minimum absolute atomic E-state index is 0.147. The minimum Gasteiger partial charge on any atom is -0.488 e. The van der Waals surface area contributed by atoms with Gasteiger partial charge in [-0.3, -0.25) is 4.90 Å². The summed E-state index contributed by atoms with van der Waals surface area (Å²) in [5, 5.41) is 2.05. The van der Waals surface area contributed by atoms with E-state index >= 15 is 0 Å². The number of fused-ring (bicyclic) bond motifs is 2. The summed E-state index contributed by atoms with van der Waals surface area (Å²) in [4.78, 5) is 27.9. The van der Waals surface area contributed by atoms with Gasteiger partial charge in [-0.2, -0.15) is 13.2 Å². The first-order valence-electron chi connectivity index (χ1n) is 14.8. The monoisotopic (exact) mass is 619 g/mol. The second kappa shape index (κ2) is 12.5. The number of carbonyl (C=O) groups excluding carboxylic acids is 2. The summed E-state index contributed by atoms with van der Waals surface area (Å²) in [6, 6.07) is 24.4. The Morgan fingerprint density at radius 1 is 0.956 bits per heavy atom. The molecule has 5 rings (SSSR count). The summed E-state index contributed by atoms with van der Waals surface area (Å²) in [6.07, 6.45) is -5.45. The van der Waals surface area contributed by atoms with Crippen LogP contribution in [0.2, 0.25) is 0 Å². The second-order valence-corrected chi connectivity index (χ2v) is 12.2. The van der Waals surface area contributed by atoms with Crippen molar-refractivity contribution < 1.29 is 37.0 Å². The molecule has 236 valence electrons. The number of para-hydroxylation sites is 1. The van der Waals surface area contributed by atoms with E-state index in [1.807, 2.05) is 67.6 Å². The number of ether oxygens (including phenoxy) is 3. The molecule has 1 aliphatic rings. The summed E-state index contributed by atoms with van der Waals surface area (Å²) in [5.41, 5.74) is -0.138. The van der Waals surface area contributed by atoms with E-state index in [1.54, 1.807) is 31.7 Å². The SMILES string of the molecule is COC(=O)c1cc(C2CC(CN(C(=O)OC(C)(C)C)C(C)c3cccc4ccccc34)Oc3ccccc32)ccc1C(F)(F)F. The number of rotatable bonds is 6. The lowest BCUT2D eigenvalue weighted by Crippen LogP contribution is -2.45. The maximum atomic E-state index is 13.8. The van der Waals surface area contributed by atoms with Crippen LogP contribution in [-0.2, 0) is 15.7 Å². The third-order valence-corrected chi connectivity index (χ3v) is 8.01. The summed E-state index contributed by atoms with van der Waals surface area (Å²) in [7, 11) is 1.05. The van der Waals surface area contributed by atoms with Crippen molar-refractivity contribution in [3.05, 3.63) is 113 Å². The molecular weight excluding hydrogens is 583 g/mol. The van der Waals surface area contributed by atoms with Gasteiger partial charge in [-0.05, 0) is 74.2 Å². The van der Waals surface area contributed by atoms with Gasteiger partial charge in [0, 0.05) is 11.5 Å². The number of nitrogens with zero attached hydrogens (tertiary/aromatic N) is 1. The van der Waals surface area contributed by atoms with Crippen molar-refractivity contribution in [2.75, 3.05) is 13.7 Å². The van der Waals surface area contributed by atoms with Gasteiger partial charge in [0.1, 0.15) is 17.5 Å². The molecule has 1 aliphatic heterocycles. The van der Waals surface area contributed by atoms with Gasteiger partial charge in [-0.25, -0.2) is 9.59 Å². The smallest absolute Gasteiger partial charge is 0.417 e. The Hall–Kier alpha value is -4.53. The van der Waals surface area contributed by atoms with Crippen molar-refractivity contribution in [1.82, 2.24) is 4.90 Å². The molecule has 3 atom stereocenters. The quantitative estimate of drug-likeness (QED) is 0.202. The fourth-order valence-corrected chi connectivity index (χ4v) is 5.94. The lowest BCUT2D eigenvalue weighted by molar-refractivity contribution is -0.138. The Labute approximate surface area is 260 Å². The first kappa shape index (κ1) is 31.9. The lowest BCUT2D eigenvalue weighted by Gasteiger charge is -2.38. The highest BCUT2D eigenvalue weighted by Crippen LogP contribution is 2.43. The normalized spacial score (nSPS) is 17.2. The molecule has 9 heteroatoms. The lowest BCUT2D eigenvalue weighted by atomic mass is 9.82. The summed E-state index contributed by atoms with van der Waals surface area (Å²) in [5.74, 6) is -0.930. The van der Waals surface area contributed by atoms with Crippen LogP contribution in [0.5, 0.6) is 5.75 Å². The number of esters is 1. The Balaban J connectivity index is 1.54. The van der Waals surface area contributed by atoms with Crippen molar-refractivity contribution >= 4 is 22.8 Å². The first-order chi connectivity index (χ1) is 21.3. The van der Waals surface area contributed by atoms with Crippen molar-refractivity contribution in [1.29, 1.82) is 0 Å². The molecule has 0 spiro atoms. The van der Waals surface area contributed by atoms with Gasteiger partial charge in [-0.1, -0.05) is 66.7 Å². The van der Waals surface area contributed by atoms with Gasteiger partial charge in [0.15, 0.2) is 0 Å². The zero-order chi connectivity index (χ0) is 32.5. The van der Waals surface area contributed by atoms with Crippen LogP contribution >= 0.6 is 0 Å². The Bertz CT molecular complexity index is 1710. The average molecular weight is 620 g/mol. The molecule has 45 heavy (non-hydrogen) atoms. The van der Waals surface area contributed by atoms with E-state index in [0.717, 1.165) is 35.1 Å². The van der Waals surface area contributed by atoms with Gasteiger partial charge >= 0.3 is 18.2 Å². The first-order valence-corrected chi connectivity index (χ1v) is 14.8. The summed E-state index contributed by atoms with van der Waals surface area (Å²) in [6.45, 7) is 7.50. The molecule has 0 bridgehead atoms. The predicted octanol–water partition coefficient (Wildman–Crippen LogP) is 8.93. The molecule has 0 aromatic heterocycles. The van der Waals surface area contributed by atoms with E-state index in [4.69, 9.17) is 14.2 Å². The largest absolute Gasteiger partial charge is 0.488 e. The molecule has 4 aromatic carbocycles. The van der Waals surface area contributed by atoms with E-state index in [1.165, 1.54) is 12.1 Å². The Morgan fingerprint density at radius 2 is 1.64 bits per heavy atom. The number of halogens is 3. The highest BCUT2D eigenvalue weighted by atomic mass is 19.4. The fourth-order valence-electron chi connectivity index (χ4n) is 5.94. The van der Waals surface area contributed by atoms with Crippen LogP contribution in [-0.4, -0.2) is 42.3 Å². The molecule has 6 nitrogen and oxygen atoms in total. The van der Waals surface area contributed by atoms with Crippen molar-refractivity contribution in [2.45, 2.75) is 64.0 Å². The molecule has 3 unspecified atom stereocenters. The van der Waals surface area contributed by atoms with Crippen molar-refractivity contribution in [3.8, 4) is 5.75 Å². The summed E-state index contributed by atoms with van der Waals surface area (Å²) < 4.78 is 58.4. The fraction of sp³-hybridized carbons (Fsp3) is 0.333. The maximum absolute atomic E-state index is 13.8. The number of hydrogen-bond acceptors (Lipinski definition) is 5. The minimum atomic E-state index is -4.73. The van der Waals surface area contributed by atoms with Gasteiger partial charge in [0.2, 0.25) is 0 Å². The van der Waals surface area contributed by atoms with Crippen LogP contribution in [0.25, 0.3) is 10.8 Å². The molecule has 0 radical (unpaired) electrons. The van der Waals surface area contributed by atoms with Crippen LogP contribution in [0.1, 0.15) is 78.7 Å². The molecule has 0 saturated heterocycles. The Kier molecular flexibility index (Phi) is 8.83. The second-order valence-electron chi connectivity index (χ2n) is 12.2. The number of methoxy groups -OCH3 is 1. The third kappa shape index (κ3) is 6.92. The standard InChI is InChI=1S/C36H36F3NO5/c1-22(26-15-10-12-23-11-6-7-13-27(23)26)40(34(42)45-35(2,3)4)21-25-20-29(28-14-8-9-16-32(28)44-25)24-17-18-31(36(37,38)39)30(19-24)33(41)43-5/h6-19,22,25,29H,20-21H2,1-5H3. The third-order valence-electron chi connectivity index (χ3n) is 8.01. The van der Waals surface area contributed by atoms with Gasteiger partial charge in [-0.15, -0.1) is 0 Å². The molecule has 0 saturated carbocycles. The highest BCUT2D eigenvalue weighted by molar-refractivity contribution is 5.91. The number of alkyl halides is 3. The molecule has 0 aliphatic carbocycles. The number of hydrogen-bond donors (Lipinski definition) is 0. The van der Waals surface area contributed by atoms with Crippen LogP contribution in [0.15, 0.2) is 84.9 Å². The highest BCUT2D eigenvalue weighted by Gasteiger charge is 2.38. The van der Waals surface area contributed by atoms with Gasteiger partial charge in [0.05, 0.1) is 30.8 Å². The van der Waals surface area contributed by atoms with Crippen molar-refractivity contribution in [2.24, 2.45) is 0 Å². The average Bonchev–Trinajstić information content (AvgIpc) is 3.00. The van der Waals surface area contributed by atoms with Gasteiger partial charge < -0.3 is 14.2 Å². The maximum Gasteiger partial charge on any atom is 0.417 e. The molecule has 0 N–H and O–H groups in total. The van der Waals surface area contributed by atoms with Crippen LogP contribution in [0, 0.1) is 0 Å². The zero-order valence-electron chi connectivity index (χ0n) is 25.9. The molecular formula is C36H36F3NO5. The van der Waals surface area contributed by atoms with Crippen LogP contribution in [0.3, 0.4) is 0 Å². The van der Waals surface area contributed by atoms with Gasteiger partial charge in [0.25, 0.3) is 0 Å². The van der Waals surface area contributed by atoms with E-state index in [9.17, 15) is 22.8 Å². The molecule has 1 amide bonds. The van der Waals surface area contributed by atoms with Crippen LogP contribution in [0.4, 0.5) is 18.0 Å². The van der Waals surface area contributed by atoms with Crippen LogP contribution < -0.4 is 4.74 Å². The predicted molar refractivity (Wildman–Crippen MR) is 165 cm³/mol. The van der Waals surface area contributed by atoms with E-state index < -0.39 is 53.0 Å². The molecule has 0 fully saturated rings. The zero-order valence-corrected chi connectivity index (χ0v) is 25.9. The summed E-state index contributed by atoms with van der Waals surface area (Å²) >= 11 is 0. The molecule has 4 aromatic rings. The topological polar surface area (TPSA) is 65.1 Å². The van der Waals surface area contributed by atoms with Crippen molar-refractivity contribution in [3.63, 3.8) is 0 Å².